The molecule has 54 heavy (non-hydrogen) atoms. The third kappa shape index (κ3) is 5.17. The molecule has 8 aliphatic rings. The largest absolute Gasteiger partial charge is 0.300 e. The fourth-order valence-corrected chi connectivity index (χ4v) is 15.1. The molecule has 0 aromatic carbocycles. The molecule has 0 saturated heterocycles. The molecule has 0 bridgehead atoms. The number of carbonyl (C=O) groups is 6. The second-order valence-corrected chi connectivity index (χ2v) is 21.1. The lowest BCUT2D eigenvalue weighted by atomic mass is 9.44. The Morgan fingerprint density at radius 1 is 0.574 bits per heavy atom. The van der Waals surface area contributed by atoms with Crippen molar-refractivity contribution in [1.29, 1.82) is 0 Å². The summed E-state index contributed by atoms with van der Waals surface area (Å²) >= 11 is 0. The van der Waals surface area contributed by atoms with Gasteiger partial charge in [-0.25, -0.2) is 8.78 Å². The Kier molecular flexibility index (Phi) is 9.11. The van der Waals surface area contributed by atoms with Crippen LogP contribution >= 0.6 is 0 Å². The van der Waals surface area contributed by atoms with Gasteiger partial charge in [-0.1, -0.05) is 27.7 Å². The molecule has 0 spiro atoms. The number of rotatable bonds is 2. The van der Waals surface area contributed by atoms with Gasteiger partial charge in [0.05, 0.1) is 0 Å². The van der Waals surface area contributed by atoms with Gasteiger partial charge in [0.1, 0.15) is 35.5 Å². The van der Waals surface area contributed by atoms with Crippen LogP contribution < -0.4 is 0 Å². The highest BCUT2D eigenvalue weighted by atomic mass is 19.1. The summed E-state index contributed by atoms with van der Waals surface area (Å²) in [6, 6.07) is 0. The first kappa shape index (κ1) is 39.6. The van der Waals surface area contributed by atoms with Crippen molar-refractivity contribution in [1.82, 2.24) is 0 Å². The number of alkyl halides is 2. The van der Waals surface area contributed by atoms with E-state index in [1.807, 2.05) is 41.5 Å². The summed E-state index contributed by atoms with van der Waals surface area (Å²) in [6.45, 7) is 19.3. The number of hydrogen-bond acceptors (Lipinski definition) is 6. The van der Waals surface area contributed by atoms with Crippen molar-refractivity contribution >= 4 is 34.7 Å². The zero-order valence-corrected chi connectivity index (χ0v) is 34.2. The van der Waals surface area contributed by atoms with Crippen LogP contribution in [-0.4, -0.2) is 47.0 Å². The Hall–Kier alpha value is -2.64. The molecule has 0 radical (unpaired) electrons. The van der Waals surface area contributed by atoms with E-state index < -0.39 is 34.0 Å². The van der Waals surface area contributed by atoms with E-state index in [9.17, 15) is 28.8 Å². The average molecular weight is 749 g/mol. The van der Waals surface area contributed by atoms with E-state index >= 15 is 8.78 Å². The highest BCUT2D eigenvalue weighted by Crippen LogP contribution is 2.69. The van der Waals surface area contributed by atoms with Crippen LogP contribution in [0.25, 0.3) is 0 Å². The van der Waals surface area contributed by atoms with E-state index in [-0.39, 0.29) is 106 Å². The van der Waals surface area contributed by atoms with E-state index in [0.29, 0.717) is 12.8 Å². The second-order valence-electron chi connectivity index (χ2n) is 21.1. The van der Waals surface area contributed by atoms with Crippen LogP contribution in [0.15, 0.2) is 23.3 Å². The van der Waals surface area contributed by atoms with Gasteiger partial charge in [-0.2, -0.15) is 0 Å². The van der Waals surface area contributed by atoms with Gasteiger partial charge < -0.3 is 0 Å². The first-order chi connectivity index (χ1) is 24.9. The topological polar surface area (TPSA) is 102 Å². The maximum atomic E-state index is 15.2. The lowest BCUT2D eigenvalue weighted by Crippen LogP contribution is -2.57. The SMILES string of the molecule is CC(=O)[C@H]1C[C@@H](F)[C@H]2[C@@H]3C(=O)C=C4C(C)(C)C(=O)CC[C@]4(C)[C@H]3CC[C@@]21C.CC(=O)[C@H]1C[C@H](F)[C@H]2[C@@H]3C(=O)C=C4C(C)(C)C(=O)CC[C@]4(C)[C@H]3CC[C@@]21C. The molecule has 0 N–H and O–H groups in total. The standard InChI is InChI=1S/2C23H31FO3/c2*1-12(25)14-10-15(24)20-19-13(6-8-23(14,20)5)22(4)9-7-18(27)21(2,3)17(22)11-16(19)26/h2*11,13-15,19-20H,6-10H2,1-5H3/t13-,14+,15+,19-,20-,22+,23+;13-,14+,15-,19-,20-,22+,23+/m00/s1. The Bertz CT molecular complexity index is 1660. The molecule has 0 aromatic rings. The summed E-state index contributed by atoms with van der Waals surface area (Å²) in [5, 5.41) is 0. The third-order valence-corrected chi connectivity index (χ3v) is 18.0. The molecule has 0 amide bonds. The van der Waals surface area contributed by atoms with E-state index in [4.69, 9.17) is 0 Å². The molecule has 0 aromatic heterocycles. The van der Waals surface area contributed by atoms with Gasteiger partial charge in [0.25, 0.3) is 0 Å². The van der Waals surface area contributed by atoms with Crippen LogP contribution in [0.1, 0.15) is 133 Å². The Balaban J connectivity index is 0.000000167. The number of allylic oxidation sites excluding steroid dienone is 4. The number of halogens is 2. The molecule has 0 aliphatic heterocycles. The summed E-state index contributed by atoms with van der Waals surface area (Å²) in [6.07, 6.45) is 7.46. The molecule has 6 nitrogen and oxygen atoms in total. The summed E-state index contributed by atoms with van der Waals surface area (Å²) < 4.78 is 30.5. The summed E-state index contributed by atoms with van der Waals surface area (Å²) in [4.78, 5) is 76.1. The number of Topliss-reactive ketones (excluding diaryl/α,β-unsaturated/α-hetero) is 4. The molecule has 8 aliphatic carbocycles. The van der Waals surface area contributed by atoms with E-state index in [2.05, 4.69) is 13.8 Å². The van der Waals surface area contributed by atoms with Crippen molar-refractivity contribution < 1.29 is 37.5 Å². The zero-order chi connectivity index (χ0) is 39.9. The van der Waals surface area contributed by atoms with Gasteiger partial charge in [0.2, 0.25) is 0 Å². The van der Waals surface area contributed by atoms with Crippen LogP contribution in [0.3, 0.4) is 0 Å². The molecule has 6 saturated carbocycles. The van der Waals surface area contributed by atoms with Crippen LogP contribution in [0.5, 0.6) is 0 Å². The van der Waals surface area contributed by atoms with Crippen LogP contribution in [-0.2, 0) is 28.8 Å². The first-order valence-electron chi connectivity index (χ1n) is 20.8. The summed E-state index contributed by atoms with van der Waals surface area (Å²) in [5.74, 6) is -1.45. The number of carbonyl (C=O) groups excluding carboxylic acids is 6. The van der Waals surface area contributed by atoms with Gasteiger partial charge in [0.15, 0.2) is 11.6 Å². The first-order valence-corrected chi connectivity index (χ1v) is 20.8. The van der Waals surface area contributed by atoms with Crippen molar-refractivity contribution in [2.45, 2.75) is 146 Å². The molecule has 8 rings (SSSR count). The van der Waals surface area contributed by atoms with E-state index in [0.717, 1.165) is 49.7 Å². The van der Waals surface area contributed by atoms with Crippen molar-refractivity contribution in [3.8, 4) is 0 Å². The minimum Gasteiger partial charge on any atom is -0.300 e. The number of hydrogen-bond donors (Lipinski definition) is 0. The maximum Gasteiger partial charge on any atom is 0.159 e. The van der Waals surface area contributed by atoms with Gasteiger partial charge in [-0.05, 0) is 150 Å². The minimum absolute atomic E-state index is 0.0157. The second kappa shape index (κ2) is 12.4. The lowest BCUT2D eigenvalue weighted by molar-refractivity contribution is -0.144. The van der Waals surface area contributed by atoms with Gasteiger partial charge in [0, 0.05) is 59.2 Å². The van der Waals surface area contributed by atoms with Crippen LogP contribution in [0.2, 0.25) is 0 Å². The van der Waals surface area contributed by atoms with Crippen molar-refractivity contribution in [3.05, 3.63) is 23.3 Å². The summed E-state index contributed by atoms with van der Waals surface area (Å²) in [5.41, 5.74) is -0.651. The fourth-order valence-electron chi connectivity index (χ4n) is 15.1. The predicted molar refractivity (Wildman–Crippen MR) is 201 cm³/mol. The smallest absolute Gasteiger partial charge is 0.159 e. The highest BCUT2D eigenvalue weighted by molar-refractivity contribution is 5.99. The van der Waals surface area contributed by atoms with Gasteiger partial charge in [-0.15, -0.1) is 0 Å². The van der Waals surface area contributed by atoms with Gasteiger partial charge in [-0.3, -0.25) is 28.8 Å². The zero-order valence-electron chi connectivity index (χ0n) is 34.2. The Morgan fingerprint density at radius 3 is 1.22 bits per heavy atom. The molecule has 6 fully saturated rings. The average Bonchev–Trinajstić information content (AvgIpc) is 3.53. The third-order valence-electron chi connectivity index (χ3n) is 18.0. The van der Waals surface area contributed by atoms with Crippen LogP contribution in [0.4, 0.5) is 8.78 Å². The van der Waals surface area contributed by atoms with Crippen LogP contribution in [0, 0.1) is 79.8 Å². The fraction of sp³-hybridized carbons (Fsp3) is 0.783. The highest BCUT2D eigenvalue weighted by Gasteiger charge is 2.68. The Labute approximate surface area is 320 Å². The van der Waals surface area contributed by atoms with Gasteiger partial charge >= 0.3 is 0 Å². The molecule has 14 atom stereocenters. The molecular formula is C46H62F2O6. The minimum atomic E-state index is -1.10. The van der Waals surface area contributed by atoms with E-state index in [1.54, 1.807) is 26.0 Å². The normalized spacial score (nSPS) is 48.4. The monoisotopic (exact) mass is 748 g/mol. The molecular weight excluding hydrogens is 686 g/mol. The maximum absolute atomic E-state index is 15.2. The lowest BCUT2D eigenvalue weighted by Gasteiger charge is -2.58. The van der Waals surface area contributed by atoms with Crippen molar-refractivity contribution in [2.24, 2.45) is 79.8 Å². The Morgan fingerprint density at radius 2 is 0.907 bits per heavy atom. The molecule has 296 valence electrons. The van der Waals surface area contributed by atoms with Crippen molar-refractivity contribution in [2.75, 3.05) is 0 Å². The number of fused-ring (bicyclic) bond motifs is 10. The predicted octanol–water partition coefficient (Wildman–Crippen LogP) is 8.97. The number of ketones is 6. The molecule has 8 heteroatoms. The van der Waals surface area contributed by atoms with Crippen molar-refractivity contribution in [3.63, 3.8) is 0 Å². The quantitative estimate of drug-likeness (QED) is 0.280. The van der Waals surface area contributed by atoms with E-state index in [1.165, 1.54) is 0 Å². The summed E-state index contributed by atoms with van der Waals surface area (Å²) in [7, 11) is 0. The molecule has 0 heterocycles. The molecule has 0 unspecified atom stereocenters.